The summed E-state index contributed by atoms with van der Waals surface area (Å²) in [6.07, 6.45) is 0.790. The predicted molar refractivity (Wildman–Crippen MR) is 62.4 cm³/mol. The van der Waals surface area contributed by atoms with Gasteiger partial charge in [0.2, 0.25) is 0 Å². The fraction of sp³-hybridized carbons (Fsp3) is 0.417. The molecule has 0 aromatic heterocycles. The third-order valence-corrected chi connectivity index (χ3v) is 2.72. The van der Waals surface area contributed by atoms with Crippen LogP contribution >= 0.6 is 11.6 Å². The fourth-order valence-electron chi connectivity index (χ4n) is 1.44. The van der Waals surface area contributed by atoms with Crippen LogP contribution in [0.25, 0.3) is 0 Å². The maximum Gasteiger partial charge on any atom is 0.334 e. The first-order valence-corrected chi connectivity index (χ1v) is 5.52. The number of carbonyl (C=O) groups is 1. The highest BCUT2D eigenvalue weighted by atomic mass is 35.5. The second-order valence-electron chi connectivity index (χ2n) is 3.52. The number of aliphatic hydroxyl groups excluding tert-OH is 1. The van der Waals surface area contributed by atoms with Gasteiger partial charge in [0.25, 0.3) is 0 Å². The molecular weight excluding hydrogens is 228 g/mol. The Morgan fingerprint density at radius 2 is 2.19 bits per heavy atom. The summed E-state index contributed by atoms with van der Waals surface area (Å²) < 4.78 is 4.42. The van der Waals surface area contributed by atoms with E-state index >= 15 is 0 Å². The third-order valence-electron chi connectivity index (χ3n) is 2.35. The van der Waals surface area contributed by atoms with E-state index in [1.807, 2.05) is 24.3 Å². The molecule has 16 heavy (non-hydrogen) atoms. The van der Waals surface area contributed by atoms with Gasteiger partial charge in [-0.2, -0.15) is 0 Å². The van der Waals surface area contributed by atoms with E-state index in [1.54, 1.807) is 0 Å². The average molecular weight is 243 g/mol. The molecule has 1 atom stereocenters. The van der Waals surface area contributed by atoms with Gasteiger partial charge in [-0.1, -0.05) is 29.8 Å². The van der Waals surface area contributed by atoms with Crippen LogP contribution in [-0.2, 0) is 16.0 Å². The summed E-state index contributed by atoms with van der Waals surface area (Å²) >= 11 is 5.98. The minimum absolute atomic E-state index is 0.387. The Kier molecular flexibility index (Phi) is 5.29. The smallest absolute Gasteiger partial charge is 0.334 e. The summed E-state index contributed by atoms with van der Waals surface area (Å²) in [6, 6.07) is 7.55. The van der Waals surface area contributed by atoms with Crippen molar-refractivity contribution in [3.8, 4) is 0 Å². The molecule has 1 aromatic rings. The summed E-state index contributed by atoms with van der Waals surface area (Å²) in [6.45, 7) is 0. The summed E-state index contributed by atoms with van der Waals surface area (Å²) in [5.74, 6) is -0.584. The number of ether oxygens (including phenoxy) is 1. The van der Waals surface area contributed by atoms with E-state index in [0.717, 1.165) is 17.0 Å². The lowest BCUT2D eigenvalue weighted by Gasteiger charge is -2.08. The molecule has 0 aliphatic heterocycles. The number of aryl methyl sites for hydroxylation is 1. The topological polar surface area (TPSA) is 46.5 Å². The van der Waals surface area contributed by atoms with E-state index in [1.165, 1.54) is 7.11 Å². The maximum absolute atomic E-state index is 10.9. The van der Waals surface area contributed by atoms with Crippen molar-refractivity contribution in [2.24, 2.45) is 0 Å². The number of carbonyl (C=O) groups excluding carboxylic acids is 1. The lowest BCUT2D eigenvalue weighted by atomic mass is 10.1. The zero-order valence-corrected chi connectivity index (χ0v) is 9.91. The minimum Gasteiger partial charge on any atom is -0.467 e. The first kappa shape index (κ1) is 13.0. The van der Waals surface area contributed by atoms with Crippen LogP contribution in [0.4, 0.5) is 0 Å². The molecule has 0 saturated carbocycles. The van der Waals surface area contributed by atoms with Gasteiger partial charge in [-0.25, -0.2) is 4.79 Å². The van der Waals surface area contributed by atoms with Gasteiger partial charge in [-0.05, 0) is 30.9 Å². The molecule has 1 N–H and O–H groups in total. The molecule has 3 nitrogen and oxygen atoms in total. The molecule has 0 bridgehead atoms. The summed E-state index contributed by atoms with van der Waals surface area (Å²) in [5, 5.41) is 10.1. The molecule has 0 heterocycles. The Morgan fingerprint density at radius 1 is 1.50 bits per heavy atom. The number of esters is 1. The molecule has 1 aromatic carbocycles. The highest BCUT2D eigenvalue weighted by molar-refractivity contribution is 6.31. The van der Waals surface area contributed by atoms with Gasteiger partial charge < -0.3 is 9.84 Å². The SMILES string of the molecule is COC(=O)C(O)CCCc1ccccc1Cl. The lowest BCUT2D eigenvalue weighted by molar-refractivity contribution is -0.150. The normalized spacial score (nSPS) is 12.2. The van der Waals surface area contributed by atoms with Crippen molar-refractivity contribution >= 4 is 17.6 Å². The van der Waals surface area contributed by atoms with Gasteiger partial charge in [0.05, 0.1) is 7.11 Å². The zero-order valence-electron chi connectivity index (χ0n) is 9.15. The maximum atomic E-state index is 10.9. The number of methoxy groups -OCH3 is 1. The molecule has 0 saturated heterocycles. The Bertz CT molecular complexity index is 352. The summed E-state index contributed by atoms with van der Waals surface area (Å²) in [5.41, 5.74) is 1.03. The first-order valence-electron chi connectivity index (χ1n) is 5.14. The second-order valence-corrected chi connectivity index (χ2v) is 3.93. The Hall–Kier alpha value is -1.06. The van der Waals surface area contributed by atoms with Gasteiger partial charge in [0, 0.05) is 5.02 Å². The van der Waals surface area contributed by atoms with Gasteiger partial charge in [0.1, 0.15) is 0 Å². The van der Waals surface area contributed by atoms with Crippen molar-refractivity contribution in [1.29, 1.82) is 0 Å². The van der Waals surface area contributed by atoms with Crippen molar-refractivity contribution in [1.82, 2.24) is 0 Å². The Morgan fingerprint density at radius 3 is 2.81 bits per heavy atom. The van der Waals surface area contributed by atoms with Crippen LogP contribution in [0.1, 0.15) is 18.4 Å². The fourth-order valence-corrected chi connectivity index (χ4v) is 1.67. The monoisotopic (exact) mass is 242 g/mol. The number of rotatable bonds is 5. The van der Waals surface area contributed by atoms with Crippen molar-refractivity contribution in [2.75, 3.05) is 7.11 Å². The van der Waals surface area contributed by atoms with Crippen molar-refractivity contribution in [3.63, 3.8) is 0 Å². The van der Waals surface area contributed by atoms with Crippen LogP contribution in [0.15, 0.2) is 24.3 Å². The highest BCUT2D eigenvalue weighted by Crippen LogP contribution is 2.17. The summed E-state index contributed by atoms with van der Waals surface area (Å²) in [7, 11) is 1.26. The molecule has 0 aliphatic rings. The number of aliphatic hydroxyl groups is 1. The predicted octanol–water partition coefficient (Wildman–Crippen LogP) is 2.20. The van der Waals surface area contributed by atoms with Crippen LogP contribution < -0.4 is 0 Å². The van der Waals surface area contributed by atoms with Crippen LogP contribution in [0.2, 0.25) is 5.02 Å². The first-order chi connectivity index (χ1) is 7.65. The van der Waals surface area contributed by atoms with Gasteiger partial charge >= 0.3 is 5.97 Å². The largest absolute Gasteiger partial charge is 0.467 e. The Labute approximate surface area is 100.0 Å². The van der Waals surface area contributed by atoms with E-state index in [9.17, 15) is 9.90 Å². The molecule has 0 fully saturated rings. The molecule has 0 spiro atoms. The molecule has 1 unspecified atom stereocenters. The number of halogens is 1. The molecule has 4 heteroatoms. The molecular formula is C12H15ClO3. The standard InChI is InChI=1S/C12H15ClO3/c1-16-12(15)11(14)8-4-6-9-5-2-3-7-10(9)13/h2-3,5,7,11,14H,4,6,8H2,1H3. The summed E-state index contributed by atoms with van der Waals surface area (Å²) in [4.78, 5) is 10.9. The van der Waals surface area contributed by atoms with Gasteiger partial charge in [-0.3, -0.25) is 0 Å². The van der Waals surface area contributed by atoms with Crippen molar-refractivity contribution in [3.05, 3.63) is 34.9 Å². The number of hydrogen-bond acceptors (Lipinski definition) is 3. The van der Waals surface area contributed by atoms with Gasteiger partial charge in [-0.15, -0.1) is 0 Å². The molecule has 0 aliphatic carbocycles. The van der Waals surface area contributed by atoms with Crippen LogP contribution in [0.3, 0.4) is 0 Å². The van der Waals surface area contributed by atoms with E-state index in [0.29, 0.717) is 12.8 Å². The van der Waals surface area contributed by atoms with E-state index in [-0.39, 0.29) is 0 Å². The molecule has 0 amide bonds. The van der Waals surface area contributed by atoms with Crippen LogP contribution in [0.5, 0.6) is 0 Å². The average Bonchev–Trinajstić information content (AvgIpc) is 2.30. The molecule has 1 rings (SSSR count). The van der Waals surface area contributed by atoms with Gasteiger partial charge in [0.15, 0.2) is 6.10 Å². The third kappa shape index (κ3) is 3.83. The molecule has 0 radical (unpaired) electrons. The minimum atomic E-state index is -1.03. The second kappa shape index (κ2) is 6.51. The van der Waals surface area contributed by atoms with Crippen molar-refractivity contribution < 1.29 is 14.6 Å². The zero-order chi connectivity index (χ0) is 12.0. The van der Waals surface area contributed by atoms with Crippen molar-refractivity contribution in [2.45, 2.75) is 25.4 Å². The highest BCUT2D eigenvalue weighted by Gasteiger charge is 2.14. The number of hydrogen-bond donors (Lipinski definition) is 1. The lowest BCUT2D eigenvalue weighted by Crippen LogP contribution is -2.21. The van der Waals surface area contributed by atoms with Crippen LogP contribution in [0, 0.1) is 0 Å². The quantitative estimate of drug-likeness (QED) is 0.806. The van der Waals surface area contributed by atoms with E-state index in [4.69, 9.17) is 11.6 Å². The number of benzene rings is 1. The Balaban J connectivity index is 2.36. The van der Waals surface area contributed by atoms with E-state index in [2.05, 4.69) is 4.74 Å². The van der Waals surface area contributed by atoms with Crippen LogP contribution in [-0.4, -0.2) is 24.3 Å². The van der Waals surface area contributed by atoms with E-state index < -0.39 is 12.1 Å². The molecule has 88 valence electrons.